The van der Waals surface area contributed by atoms with Gasteiger partial charge in [-0.2, -0.15) is 0 Å². The molecule has 0 aliphatic carbocycles. The van der Waals surface area contributed by atoms with Crippen molar-refractivity contribution in [2.45, 2.75) is 19.6 Å². The number of imidazole rings is 1. The van der Waals surface area contributed by atoms with Crippen molar-refractivity contribution in [3.8, 4) is 0 Å². The molecule has 0 unspecified atom stereocenters. The van der Waals surface area contributed by atoms with Crippen molar-refractivity contribution in [2.75, 3.05) is 0 Å². The lowest BCUT2D eigenvalue weighted by Gasteiger charge is -2.17. The Labute approximate surface area is 99.9 Å². The molecule has 0 saturated heterocycles. The quantitative estimate of drug-likeness (QED) is 0.756. The van der Waals surface area contributed by atoms with Crippen LogP contribution in [0.3, 0.4) is 0 Å². The largest absolute Gasteiger partial charge is 0.456 e. The average Bonchev–Trinajstić information content (AvgIpc) is 2.82. The van der Waals surface area contributed by atoms with Crippen LogP contribution in [0.25, 0.3) is 0 Å². The van der Waals surface area contributed by atoms with E-state index in [1.54, 1.807) is 12.5 Å². The van der Waals surface area contributed by atoms with Crippen LogP contribution >= 0.6 is 0 Å². The molecule has 4 nitrogen and oxygen atoms in total. The van der Waals surface area contributed by atoms with Gasteiger partial charge in [0.05, 0.1) is 12.9 Å². The van der Waals surface area contributed by atoms with Crippen molar-refractivity contribution < 1.29 is 9.53 Å². The van der Waals surface area contributed by atoms with E-state index in [1.165, 1.54) is 6.92 Å². The zero-order valence-corrected chi connectivity index (χ0v) is 9.61. The van der Waals surface area contributed by atoms with Crippen molar-refractivity contribution >= 4 is 5.97 Å². The molecule has 0 bridgehead atoms. The van der Waals surface area contributed by atoms with Crippen LogP contribution in [0.4, 0.5) is 0 Å². The molecule has 1 aromatic carbocycles. The Morgan fingerprint density at radius 3 is 2.76 bits per heavy atom. The summed E-state index contributed by atoms with van der Waals surface area (Å²) in [5, 5.41) is 0. The first kappa shape index (κ1) is 11.4. The topological polar surface area (TPSA) is 44.1 Å². The molecule has 1 aromatic heterocycles. The lowest BCUT2D eigenvalue weighted by Crippen LogP contribution is -2.14. The summed E-state index contributed by atoms with van der Waals surface area (Å²) in [5.74, 6) is -0.279. The summed E-state index contributed by atoms with van der Waals surface area (Å²) >= 11 is 0. The number of carbonyl (C=O) groups excluding carboxylic acids is 1. The highest BCUT2D eigenvalue weighted by Gasteiger charge is 2.14. The van der Waals surface area contributed by atoms with Gasteiger partial charge in [0.2, 0.25) is 0 Å². The summed E-state index contributed by atoms with van der Waals surface area (Å²) in [7, 11) is 0. The van der Waals surface area contributed by atoms with E-state index >= 15 is 0 Å². The van der Waals surface area contributed by atoms with Gasteiger partial charge in [0.25, 0.3) is 0 Å². The zero-order valence-electron chi connectivity index (χ0n) is 9.61. The molecule has 0 amide bonds. The maximum atomic E-state index is 11.1. The van der Waals surface area contributed by atoms with E-state index < -0.39 is 0 Å². The first-order valence-electron chi connectivity index (χ1n) is 5.43. The lowest BCUT2D eigenvalue weighted by atomic mass is 10.1. The molecule has 0 N–H and O–H groups in total. The van der Waals surface area contributed by atoms with Gasteiger partial charge >= 0.3 is 5.97 Å². The Morgan fingerprint density at radius 2 is 2.18 bits per heavy atom. The van der Waals surface area contributed by atoms with Crippen LogP contribution in [-0.4, -0.2) is 15.5 Å². The predicted octanol–water partition coefficient (Wildman–Crippen LogP) is 2.19. The maximum absolute atomic E-state index is 11.1. The Hall–Kier alpha value is -2.10. The van der Waals surface area contributed by atoms with Gasteiger partial charge in [-0.3, -0.25) is 4.79 Å². The van der Waals surface area contributed by atoms with Crippen molar-refractivity contribution in [1.29, 1.82) is 0 Å². The van der Waals surface area contributed by atoms with Gasteiger partial charge < -0.3 is 9.30 Å². The molecule has 17 heavy (non-hydrogen) atoms. The van der Waals surface area contributed by atoms with E-state index in [2.05, 4.69) is 4.98 Å². The Kier molecular flexibility index (Phi) is 3.55. The van der Waals surface area contributed by atoms with Crippen LogP contribution in [0.15, 0.2) is 49.1 Å². The smallest absolute Gasteiger partial charge is 0.303 e. The van der Waals surface area contributed by atoms with Crippen molar-refractivity contribution in [3.63, 3.8) is 0 Å². The third-order valence-corrected chi connectivity index (χ3v) is 2.42. The Balaban J connectivity index is 2.16. The summed E-state index contributed by atoms with van der Waals surface area (Å²) in [4.78, 5) is 15.1. The molecule has 0 saturated carbocycles. The maximum Gasteiger partial charge on any atom is 0.303 e. The van der Waals surface area contributed by atoms with Crippen molar-refractivity contribution in [1.82, 2.24) is 9.55 Å². The highest BCUT2D eigenvalue weighted by Crippen LogP contribution is 2.19. The number of ether oxygens (including phenoxy) is 1. The molecule has 0 radical (unpaired) electrons. The molecule has 1 heterocycles. The molecule has 0 aliphatic rings. The molecule has 4 heteroatoms. The second kappa shape index (κ2) is 5.30. The third-order valence-electron chi connectivity index (χ3n) is 2.42. The first-order chi connectivity index (χ1) is 8.25. The van der Waals surface area contributed by atoms with E-state index in [-0.39, 0.29) is 12.1 Å². The standard InChI is InChI=1S/C13H14N2O2/c1-11(16)17-13(9-15-8-7-14-10-15)12-5-3-2-4-6-12/h2-8,10,13H,9H2,1H3/t13-/m1/s1. The van der Waals surface area contributed by atoms with Crippen LogP contribution in [-0.2, 0) is 16.1 Å². The van der Waals surface area contributed by atoms with Crippen molar-refractivity contribution in [2.24, 2.45) is 0 Å². The SMILES string of the molecule is CC(=O)O[C@H](Cn1ccnc1)c1ccccc1. The molecular weight excluding hydrogens is 216 g/mol. The molecule has 88 valence electrons. The minimum atomic E-state index is -0.279. The fraction of sp³-hybridized carbons (Fsp3) is 0.231. The monoisotopic (exact) mass is 230 g/mol. The summed E-state index contributed by atoms with van der Waals surface area (Å²) in [6.45, 7) is 1.99. The number of carbonyl (C=O) groups is 1. The van der Waals surface area contributed by atoms with Gasteiger partial charge in [0.1, 0.15) is 6.10 Å². The average molecular weight is 230 g/mol. The number of aromatic nitrogens is 2. The number of esters is 1. The minimum Gasteiger partial charge on any atom is -0.456 e. The molecular formula is C13H14N2O2. The second-order valence-electron chi connectivity index (χ2n) is 3.77. The highest BCUT2D eigenvalue weighted by molar-refractivity contribution is 5.66. The normalized spacial score (nSPS) is 12.1. The number of benzene rings is 1. The Bertz CT molecular complexity index is 465. The molecule has 0 spiro atoms. The fourth-order valence-electron chi connectivity index (χ4n) is 1.66. The zero-order chi connectivity index (χ0) is 12.1. The van der Waals surface area contributed by atoms with Crippen molar-refractivity contribution in [3.05, 3.63) is 54.6 Å². The van der Waals surface area contributed by atoms with Gasteiger partial charge in [-0.25, -0.2) is 4.98 Å². The van der Waals surface area contributed by atoms with Gasteiger partial charge in [-0.15, -0.1) is 0 Å². The summed E-state index contributed by atoms with van der Waals surface area (Å²) in [6, 6.07) is 9.69. The van der Waals surface area contributed by atoms with Gasteiger partial charge in [-0.05, 0) is 5.56 Å². The predicted molar refractivity (Wildman–Crippen MR) is 63.2 cm³/mol. The lowest BCUT2D eigenvalue weighted by molar-refractivity contribution is -0.147. The number of rotatable bonds is 4. The van der Waals surface area contributed by atoms with E-state index in [9.17, 15) is 4.79 Å². The third kappa shape index (κ3) is 3.17. The van der Waals surface area contributed by atoms with Gasteiger partial charge in [-0.1, -0.05) is 30.3 Å². The minimum absolute atomic E-state index is 0.275. The summed E-state index contributed by atoms with van der Waals surface area (Å²) < 4.78 is 7.21. The van der Waals surface area contributed by atoms with E-state index in [4.69, 9.17) is 4.74 Å². The molecule has 2 aromatic rings. The van der Waals surface area contributed by atoms with Gasteiger partial charge in [0.15, 0.2) is 0 Å². The van der Waals surface area contributed by atoms with Crippen LogP contribution < -0.4 is 0 Å². The van der Waals surface area contributed by atoms with Gasteiger partial charge in [0, 0.05) is 19.3 Å². The first-order valence-corrected chi connectivity index (χ1v) is 5.43. The van der Waals surface area contributed by atoms with E-state index in [0.29, 0.717) is 6.54 Å². The van der Waals surface area contributed by atoms with E-state index in [1.807, 2.05) is 41.1 Å². The number of nitrogens with zero attached hydrogens (tertiary/aromatic N) is 2. The number of hydrogen-bond donors (Lipinski definition) is 0. The molecule has 2 rings (SSSR count). The van der Waals surface area contributed by atoms with Crippen LogP contribution in [0, 0.1) is 0 Å². The summed E-state index contributed by atoms with van der Waals surface area (Å²) in [5.41, 5.74) is 0.983. The number of hydrogen-bond acceptors (Lipinski definition) is 3. The van der Waals surface area contributed by atoms with E-state index in [0.717, 1.165) is 5.56 Å². The Morgan fingerprint density at radius 1 is 1.41 bits per heavy atom. The summed E-state index contributed by atoms with van der Waals surface area (Å²) in [6.07, 6.45) is 4.98. The fourth-order valence-corrected chi connectivity index (χ4v) is 1.66. The van der Waals surface area contributed by atoms with Crippen LogP contribution in [0.5, 0.6) is 0 Å². The molecule has 0 aliphatic heterocycles. The van der Waals surface area contributed by atoms with Crippen LogP contribution in [0.2, 0.25) is 0 Å². The molecule has 1 atom stereocenters. The van der Waals surface area contributed by atoms with Crippen LogP contribution in [0.1, 0.15) is 18.6 Å². The highest BCUT2D eigenvalue weighted by atomic mass is 16.5. The second-order valence-corrected chi connectivity index (χ2v) is 3.77. The molecule has 0 fully saturated rings.